The molecular formula is C19H13BrN2O4. The summed E-state index contributed by atoms with van der Waals surface area (Å²) >= 11 is 3.42. The van der Waals surface area contributed by atoms with Gasteiger partial charge < -0.3 is 9.47 Å². The van der Waals surface area contributed by atoms with Crippen molar-refractivity contribution in [3.05, 3.63) is 62.1 Å². The van der Waals surface area contributed by atoms with E-state index in [1.54, 1.807) is 24.3 Å². The Labute approximate surface area is 158 Å². The third-order valence-corrected chi connectivity index (χ3v) is 4.07. The number of benzene rings is 2. The lowest BCUT2D eigenvalue weighted by Crippen LogP contribution is -1.97. The predicted octanol–water partition coefficient (Wildman–Crippen LogP) is 4.44. The maximum atomic E-state index is 10.9. The number of hydrogen-bond acceptors (Lipinski definition) is 5. The van der Waals surface area contributed by atoms with E-state index >= 15 is 0 Å². The van der Waals surface area contributed by atoms with Gasteiger partial charge in [0, 0.05) is 16.6 Å². The molecule has 0 N–H and O–H groups in total. The molecule has 0 aromatic heterocycles. The lowest BCUT2D eigenvalue weighted by atomic mass is 10.0. The van der Waals surface area contributed by atoms with Crippen molar-refractivity contribution >= 4 is 33.3 Å². The molecule has 0 aliphatic heterocycles. The van der Waals surface area contributed by atoms with Crippen LogP contribution in [0.3, 0.4) is 0 Å². The second-order valence-electron chi connectivity index (χ2n) is 4.99. The first kappa shape index (κ1) is 19.0. The van der Waals surface area contributed by atoms with Gasteiger partial charge in [0.25, 0.3) is 5.69 Å². The molecule has 130 valence electrons. The summed E-state index contributed by atoms with van der Waals surface area (Å²) < 4.78 is 11.4. The molecule has 2 aromatic carbocycles. The third-order valence-electron chi connectivity index (χ3n) is 3.38. The average Bonchev–Trinajstić information content (AvgIpc) is 2.65. The van der Waals surface area contributed by atoms with Crippen LogP contribution in [0.25, 0.3) is 11.6 Å². The zero-order valence-electron chi connectivity index (χ0n) is 13.7. The summed E-state index contributed by atoms with van der Waals surface area (Å²) in [7, 11) is 1.49. The number of halogens is 1. The molecule has 2 rings (SSSR count). The van der Waals surface area contributed by atoms with Gasteiger partial charge in [0.05, 0.1) is 23.7 Å². The molecule has 0 aliphatic carbocycles. The van der Waals surface area contributed by atoms with Gasteiger partial charge >= 0.3 is 0 Å². The van der Waals surface area contributed by atoms with Crippen molar-refractivity contribution in [2.45, 2.75) is 0 Å². The van der Waals surface area contributed by atoms with Crippen LogP contribution >= 0.6 is 15.9 Å². The van der Waals surface area contributed by atoms with Crippen LogP contribution in [0.5, 0.6) is 11.5 Å². The predicted molar refractivity (Wildman–Crippen MR) is 102 cm³/mol. The van der Waals surface area contributed by atoms with Gasteiger partial charge in [-0.3, -0.25) is 10.1 Å². The van der Waals surface area contributed by atoms with Gasteiger partial charge in [-0.25, -0.2) is 0 Å². The van der Waals surface area contributed by atoms with Crippen LogP contribution in [0.2, 0.25) is 0 Å². The Hall–Kier alpha value is -3.29. The summed E-state index contributed by atoms with van der Waals surface area (Å²) in [6.45, 7) is 0.0924. The van der Waals surface area contributed by atoms with E-state index in [-0.39, 0.29) is 17.9 Å². The molecule has 6 nitrogen and oxygen atoms in total. The highest BCUT2D eigenvalue weighted by atomic mass is 79.9. The van der Waals surface area contributed by atoms with Gasteiger partial charge in [0.15, 0.2) is 11.5 Å². The van der Waals surface area contributed by atoms with Crippen molar-refractivity contribution in [2.75, 3.05) is 13.7 Å². The van der Waals surface area contributed by atoms with Crippen molar-refractivity contribution in [1.29, 1.82) is 5.26 Å². The summed E-state index contributed by atoms with van der Waals surface area (Å²) in [6, 6.07) is 11.3. The molecule has 0 aliphatic rings. The van der Waals surface area contributed by atoms with Gasteiger partial charge in [0.2, 0.25) is 0 Å². The SMILES string of the molecule is C#CCOc1cc(Br)c(C=C(C#N)c2cccc([N+](=O)[O-])c2)cc1OC. The maximum Gasteiger partial charge on any atom is 0.270 e. The molecule has 0 amide bonds. The normalized spacial score (nSPS) is 10.5. The molecule has 0 heterocycles. The molecule has 0 spiro atoms. The molecular weight excluding hydrogens is 400 g/mol. The number of nitriles is 1. The quantitative estimate of drug-likeness (QED) is 0.230. The minimum absolute atomic E-state index is 0.0849. The summed E-state index contributed by atoms with van der Waals surface area (Å²) in [5.74, 6) is 3.29. The minimum Gasteiger partial charge on any atom is -0.493 e. The average molecular weight is 413 g/mol. The van der Waals surface area contributed by atoms with Crippen LogP contribution in [0.15, 0.2) is 40.9 Å². The van der Waals surface area contributed by atoms with E-state index in [9.17, 15) is 15.4 Å². The first-order chi connectivity index (χ1) is 12.5. The van der Waals surface area contributed by atoms with Gasteiger partial charge in [0.1, 0.15) is 6.61 Å². The molecule has 7 heteroatoms. The summed E-state index contributed by atoms with van der Waals surface area (Å²) in [5.41, 5.74) is 1.28. The number of ether oxygens (including phenoxy) is 2. The van der Waals surface area contributed by atoms with E-state index in [2.05, 4.69) is 27.9 Å². The number of rotatable bonds is 6. The van der Waals surface area contributed by atoms with Crippen LogP contribution in [0, 0.1) is 33.8 Å². The zero-order chi connectivity index (χ0) is 19.1. The molecule has 0 bridgehead atoms. The lowest BCUT2D eigenvalue weighted by Gasteiger charge is -2.11. The lowest BCUT2D eigenvalue weighted by molar-refractivity contribution is -0.384. The molecule has 0 unspecified atom stereocenters. The van der Waals surface area contributed by atoms with Crippen molar-refractivity contribution in [3.63, 3.8) is 0 Å². The highest BCUT2D eigenvalue weighted by Gasteiger charge is 2.12. The Morgan fingerprint density at radius 2 is 2.15 bits per heavy atom. The Kier molecular flexibility index (Phi) is 6.37. The molecule has 0 atom stereocenters. The van der Waals surface area contributed by atoms with Crippen LogP contribution < -0.4 is 9.47 Å². The second-order valence-corrected chi connectivity index (χ2v) is 5.85. The van der Waals surface area contributed by atoms with Gasteiger partial charge in [-0.2, -0.15) is 5.26 Å². The summed E-state index contributed by atoms with van der Waals surface area (Å²) in [5, 5.41) is 20.4. The van der Waals surface area contributed by atoms with Gasteiger partial charge in [-0.15, -0.1) is 6.42 Å². The van der Waals surface area contributed by atoms with Crippen LogP contribution in [-0.4, -0.2) is 18.6 Å². The fraction of sp³-hybridized carbons (Fsp3) is 0.105. The van der Waals surface area contributed by atoms with Crippen molar-refractivity contribution < 1.29 is 14.4 Å². The van der Waals surface area contributed by atoms with E-state index in [0.29, 0.717) is 27.1 Å². The minimum atomic E-state index is -0.505. The monoisotopic (exact) mass is 412 g/mol. The highest BCUT2D eigenvalue weighted by molar-refractivity contribution is 9.10. The number of non-ortho nitro benzene ring substituents is 1. The molecule has 0 fully saturated rings. The van der Waals surface area contributed by atoms with E-state index in [1.807, 2.05) is 0 Å². The Morgan fingerprint density at radius 3 is 2.77 bits per heavy atom. The number of methoxy groups -OCH3 is 1. The second kappa shape index (κ2) is 8.70. The van der Waals surface area contributed by atoms with Crippen molar-refractivity contribution in [3.8, 4) is 29.9 Å². The number of terminal acetylenes is 1. The number of allylic oxidation sites excluding steroid dienone is 1. The zero-order valence-corrected chi connectivity index (χ0v) is 15.3. The van der Waals surface area contributed by atoms with Crippen LogP contribution in [0.1, 0.15) is 11.1 Å². The Bertz CT molecular complexity index is 955. The largest absolute Gasteiger partial charge is 0.493 e. The smallest absolute Gasteiger partial charge is 0.270 e. The Balaban J connectivity index is 2.49. The number of nitro groups is 1. The standard InChI is InChI=1S/C19H13BrN2O4/c1-3-7-26-19-11-17(20)14(10-18(19)25-2)8-15(12-21)13-5-4-6-16(9-13)22(23)24/h1,4-6,8-11H,7H2,2H3. The summed E-state index contributed by atoms with van der Waals surface area (Å²) in [4.78, 5) is 10.4. The van der Waals surface area contributed by atoms with E-state index < -0.39 is 4.92 Å². The van der Waals surface area contributed by atoms with Crippen molar-refractivity contribution in [1.82, 2.24) is 0 Å². The van der Waals surface area contributed by atoms with E-state index in [0.717, 1.165) is 0 Å². The molecule has 0 saturated carbocycles. The fourth-order valence-corrected chi connectivity index (χ4v) is 2.61. The number of hydrogen-bond donors (Lipinski definition) is 0. The number of nitro benzene ring substituents is 1. The molecule has 26 heavy (non-hydrogen) atoms. The topological polar surface area (TPSA) is 85.4 Å². The van der Waals surface area contributed by atoms with Crippen molar-refractivity contribution in [2.24, 2.45) is 0 Å². The molecule has 2 aromatic rings. The maximum absolute atomic E-state index is 10.9. The van der Waals surface area contributed by atoms with Crippen LogP contribution in [-0.2, 0) is 0 Å². The fourth-order valence-electron chi connectivity index (χ4n) is 2.18. The first-order valence-electron chi connectivity index (χ1n) is 7.30. The Morgan fingerprint density at radius 1 is 1.38 bits per heavy atom. The summed E-state index contributed by atoms with van der Waals surface area (Å²) in [6.07, 6.45) is 6.80. The van der Waals surface area contributed by atoms with E-state index in [4.69, 9.17) is 15.9 Å². The highest BCUT2D eigenvalue weighted by Crippen LogP contribution is 2.35. The van der Waals surface area contributed by atoms with E-state index in [1.165, 1.54) is 25.3 Å². The number of nitrogens with zero attached hydrogens (tertiary/aromatic N) is 2. The van der Waals surface area contributed by atoms with Crippen LogP contribution in [0.4, 0.5) is 5.69 Å². The van der Waals surface area contributed by atoms with Gasteiger partial charge in [-0.1, -0.05) is 34.0 Å². The first-order valence-corrected chi connectivity index (χ1v) is 8.10. The van der Waals surface area contributed by atoms with Gasteiger partial charge in [-0.05, 0) is 29.3 Å². The molecule has 0 radical (unpaired) electrons. The third kappa shape index (κ3) is 4.41. The molecule has 0 saturated heterocycles.